The Bertz CT molecular complexity index is 1410. The van der Waals surface area contributed by atoms with E-state index in [1.807, 2.05) is 54.6 Å². The second-order valence-corrected chi connectivity index (χ2v) is 7.87. The molecule has 2 N–H and O–H groups in total. The van der Waals surface area contributed by atoms with Crippen LogP contribution in [0, 0.1) is 18.8 Å². The monoisotopic (exact) mass is 430 g/mol. The van der Waals surface area contributed by atoms with Gasteiger partial charge in [0.25, 0.3) is 5.56 Å². The van der Waals surface area contributed by atoms with Crippen LogP contribution in [0.25, 0.3) is 21.9 Å². The van der Waals surface area contributed by atoms with Gasteiger partial charge in [-0.3, -0.25) is 9.36 Å². The van der Waals surface area contributed by atoms with Crippen molar-refractivity contribution in [1.82, 2.24) is 29.3 Å². The first-order valence-corrected chi connectivity index (χ1v) is 10.4. The second kappa shape index (κ2) is 8.77. The molecule has 0 fully saturated rings. The summed E-state index contributed by atoms with van der Waals surface area (Å²) in [6.07, 6.45) is 1.60. The highest BCUT2D eigenvalue weighted by atomic mass is 16.1. The molecule has 0 amide bonds. The van der Waals surface area contributed by atoms with E-state index in [1.54, 1.807) is 13.1 Å². The van der Waals surface area contributed by atoms with E-state index in [4.69, 9.17) is 5.73 Å². The minimum Gasteiger partial charge on any atom is -0.344 e. The molecule has 9 nitrogen and oxygen atoms in total. The summed E-state index contributed by atoms with van der Waals surface area (Å²) in [5, 5.41) is 5.33. The Kier molecular flexibility index (Phi) is 5.88. The molecule has 0 saturated carbocycles. The normalized spacial score (nSPS) is 12.0. The van der Waals surface area contributed by atoms with Gasteiger partial charge in [0.1, 0.15) is 17.6 Å². The number of benzene rings is 1. The van der Waals surface area contributed by atoms with E-state index in [2.05, 4.69) is 31.9 Å². The van der Waals surface area contributed by atoms with Crippen LogP contribution in [-0.2, 0) is 13.1 Å². The van der Waals surface area contributed by atoms with Crippen molar-refractivity contribution in [2.75, 3.05) is 18.5 Å². The lowest BCUT2D eigenvalue weighted by molar-refractivity contribution is 0.618. The number of imidazole rings is 1. The maximum Gasteiger partial charge on any atom is 0.293 e. The lowest BCUT2D eigenvalue weighted by Crippen LogP contribution is -2.34. The number of anilines is 1. The van der Waals surface area contributed by atoms with Gasteiger partial charge in [-0.25, -0.2) is 19.6 Å². The quantitative estimate of drug-likeness (QED) is 0.464. The van der Waals surface area contributed by atoms with Crippen molar-refractivity contribution in [2.45, 2.75) is 39.9 Å². The van der Waals surface area contributed by atoms with Gasteiger partial charge in [-0.2, -0.15) is 5.10 Å². The van der Waals surface area contributed by atoms with Crippen LogP contribution in [0.2, 0.25) is 0 Å². The van der Waals surface area contributed by atoms with Gasteiger partial charge < -0.3 is 10.6 Å². The van der Waals surface area contributed by atoms with Gasteiger partial charge in [-0.1, -0.05) is 24.1 Å². The molecule has 0 spiro atoms. The number of hydrogen-bond donors (Lipinski definition) is 1. The van der Waals surface area contributed by atoms with E-state index >= 15 is 0 Å². The predicted molar refractivity (Wildman–Crippen MR) is 126 cm³/mol. The third-order valence-corrected chi connectivity index (χ3v) is 5.18. The fourth-order valence-electron chi connectivity index (χ4n) is 3.80. The van der Waals surface area contributed by atoms with E-state index in [-0.39, 0.29) is 18.1 Å². The average molecular weight is 431 g/mol. The van der Waals surface area contributed by atoms with Crippen LogP contribution in [0.15, 0.2) is 35.3 Å². The molecule has 1 aromatic carbocycles. The minimum atomic E-state index is -0.261. The Balaban J connectivity index is 1.81. The standard InChI is InChI=1S/C23H26N8O/c1-5-6-11-30-21-19(28-23(30)29(4)13-15(2)24)12-25-31(22(21)32)14-20-26-16(3)17-9-7-8-10-18(17)27-20/h7-10,12,15H,11,13-14,24H2,1-4H3/t15-/m0/s1. The molecule has 0 saturated heterocycles. The summed E-state index contributed by atoms with van der Waals surface area (Å²) in [7, 11) is 1.90. The van der Waals surface area contributed by atoms with E-state index < -0.39 is 0 Å². The Morgan fingerprint density at radius 3 is 2.72 bits per heavy atom. The predicted octanol–water partition coefficient (Wildman–Crippen LogP) is 1.70. The highest BCUT2D eigenvalue weighted by Crippen LogP contribution is 2.19. The molecule has 0 unspecified atom stereocenters. The number of nitrogens with two attached hydrogens (primary N) is 1. The van der Waals surface area contributed by atoms with E-state index in [0.29, 0.717) is 35.9 Å². The zero-order chi connectivity index (χ0) is 22.8. The first kappa shape index (κ1) is 21.5. The van der Waals surface area contributed by atoms with Crippen LogP contribution in [-0.4, -0.2) is 48.9 Å². The molecule has 32 heavy (non-hydrogen) atoms. The number of rotatable bonds is 6. The van der Waals surface area contributed by atoms with Crippen molar-refractivity contribution in [3.8, 4) is 11.8 Å². The number of hydrogen-bond acceptors (Lipinski definition) is 7. The average Bonchev–Trinajstić information content (AvgIpc) is 3.13. The maximum absolute atomic E-state index is 13.4. The van der Waals surface area contributed by atoms with Crippen molar-refractivity contribution in [3.05, 3.63) is 52.3 Å². The molecule has 0 aliphatic heterocycles. The molecule has 0 aliphatic rings. The van der Waals surface area contributed by atoms with Crippen LogP contribution < -0.4 is 16.2 Å². The number of para-hydroxylation sites is 1. The highest BCUT2D eigenvalue weighted by molar-refractivity contribution is 5.80. The Morgan fingerprint density at radius 2 is 1.97 bits per heavy atom. The van der Waals surface area contributed by atoms with Gasteiger partial charge in [0.15, 0.2) is 5.82 Å². The number of aromatic nitrogens is 6. The van der Waals surface area contributed by atoms with Crippen molar-refractivity contribution in [3.63, 3.8) is 0 Å². The van der Waals surface area contributed by atoms with Crippen LogP contribution >= 0.6 is 0 Å². The molecule has 0 aliphatic carbocycles. The van der Waals surface area contributed by atoms with E-state index in [0.717, 1.165) is 16.6 Å². The molecular weight excluding hydrogens is 404 g/mol. The summed E-state index contributed by atoms with van der Waals surface area (Å²) in [6, 6.07) is 7.76. The Labute approximate surface area is 185 Å². The minimum absolute atomic E-state index is 0.0476. The number of nitrogens with zero attached hydrogens (tertiary/aromatic N) is 7. The molecule has 0 bridgehead atoms. The summed E-state index contributed by atoms with van der Waals surface area (Å²) in [5.74, 6) is 7.09. The molecule has 1 atom stereocenters. The lowest BCUT2D eigenvalue weighted by Gasteiger charge is -2.20. The molecule has 4 aromatic rings. The topological polar surface area (TPSA) is 108 Å². The first-order chi connectivity index (χ1) is 15.4. The molecule has 0 radical (unpaired) electrons. The summed E-state index contributed by atoms with van der Waals surface area (Å²) >= 11 is 0. The molecule has 3 aromatic heterocycles. The fraction of sp³-hybridized carbons (Fsp3) is 0.348. The molecule has 3 heterocycles. The molecule has 164 valence electrons. The lowest BCUT2D eigenvalue weighted by atomic mass is 10.2. The zero-order valence-electron chi connectivity index (χ0n) is 18.7. The van der Waals surface area contributed by atoms with Crippen LogP contribution in [0.4, 0.5) is 5.95 Å². The van der Waals surface area contributed by atoms with E-state index in [9.17, 15) is 4.79 Å². The van der Waals surface area contributed by atoms with Gasteiger partial charge >= 0.3 is 0 Å². The molecule has 4 rings (SSSR count). The zero-order valence-corrected chi connectivity index (χ0v) is 18.7. The maximum atomic E-state index is 13.4. The fourth-order valence-corrected chi connectivity index (χ4v) is 3.80. The molecule has 9 heteroatoms. The van der Waals surface area contributed by atoms with Crippen LogP contribution in [0.1, 0.15) is 25.4 Å². The summed E-state index contributed by atoms with van der Waals surface area (Å²) in [4.78, 5) is 29.2. The van der Waals surface area contributed by atoms with Crippen molar-refractivity contribution in [2.24, 2.45) is 5.73 Å². The second-order valence-electron chi connectivity index (χ2n) is 7.87. The highest BCUT2D eigenvalue weighted by Gasteiger charge is 2.19. The van der Waals surface area contributed by atoms with Gasteiger partial charge in [-0.05, 0) is 26.8 Å². The largest absolute Gasteiger partial charge is 0.344 e. The van der Waals surface area contributed by atoms with Crippen molar-refractivity contribution >= 4 is 27.9 Å². The number of aryl methyl sites for hydroxylation is 1. The summed E-state index contributed by atoms with van der Waals surface area (Å²) in [5.41, 5.74) is 8.38. The Morgan fingerprint density at radius 1 is 1.19 bits per heavy atom. The third kappa shape index (κ3) is 4.05. The van der Waals surface area contributed by atoms with Gasteiger partial charge in [0.05, 0.1) is 18.3 Å². The molecular formula is C23H26N8O. The summed E-state index contributed by atoms with van der Waals surface area (Å²) < 4.78 is 3.19. The number of fused-ring (bicyclic) bond motifs is 2. The Hall–Kier alpha value is -3.77. The SMILES string of the molecule is CC#CCn1c(N(C)C[C@H](C)N)nc2cnn(Cc3nc(C)c4ccccc4n3)c(=O)c21. The van der Waals surface area contributed by atoms with E-state index in [1.165, 1.54) is 4.68 Å². The van der Waals surface area contributed by atoms with Crippen LogP contribution in [0.3, 0.4) is 0 Å². The van der Waals surface area contributed by atoms with Gasteiger partial charge in [0.2, 0.25) is 5.95 Å². The first-order valence-electron chi connectivity index (χ1n) is 10.4. The van der Waals surface area contributed by atoms with Crippen molar-refractivity contribution < 1.29 is 0 Å². The van der Waals surface area contributed by atoms with Gasteiger partial charge in [-0.15, -0.1) is 5.92 Å². The van der Waals surface area contributed by atoms with Gasteiger partial charge in [0, 0.05) is 30.7 Å². The summed E-state index contributed by atoms with van der Waals surface area (Å²) in [6.45, 7) is 6.73. The third-order valence-electron chi connectivity index (χ3n) is 5.18. The number of likely N-dealkylation sites (N-methyl/N-ethyl adjacent to an activating group) is 1. The van der Waals surface area contributed by atoms with Crippen molar-refractivity contribution in [1.29, 1.82) is 0 Å². The smallest absolute Gasteiger partial charge is 0.293 e. The van der Waals surface area contributed by atoms with Crippen LogP contribution in [0.5, 0.6) is 0 Å².